The number of benzene rings is 1. The number of fused-ring (bicyclic) bond motifs is 1. The van der Waals surface area contributed by atoms with E-state index >= 15 is 0 Å². The monoisotopic (exact) mass is 361 g/mol. The summed E-state index contributed by atoms with van der Waals surface area (Å²) in [6.07, 6.45) is 0. The second-order valence-electron chi connectivity index (χ2n) is 5.44. The Morgan fingerprint density at radius 2 is 1.96 bits per heavy atom. The molecule has 0 atom stereocenters. The van der Waals surface area contributed by atoms with Crippen LogP contribution in [0, 0.1) is 20.8 Å². The number of methoxy groups -OCH3 is 1. The van der Waals surface area contributed by atoms with E-state index in [0.717, 1.165) is 22.2 Å². The summed E-state index contributed by atoms with van der Waals surface area (Å²) in [5.41, 5.74) is 4.03. The molecule has 0 aliphatic heterocycles. The fraction of sp³-hybridized carbons (Fsp3) is 0.235. The Kier molecular flexibility index (Phi) is 4.43. The van der Waals surface area contributed by atoms with Crippen molar-refractivity contribution in [2.75, 3.05) is 12.4 Å². The smallest absolute Gasteiger partial charge is 0.348 e. The molecule has 0 aliphatic rings. The number of esters is 1. The Morgan fingerprint density at radius 1 is 1.21 bits per heavy atom. The Balaban J connectivity index is 2.18. The molecule has 0 unspecified atom stereocenters. The van der Waals surface area contributed by atoms with Crippen molar-refractivity contribution in [1.82, 2.24) is 9.97 Å². The molecule has 0 amide bonds. The van der Waals surface area contributed by atoms with Gasteiger partial charge in [-0.1, -0.05) is 12.1 Å². The average molecular weight is 362 g/mol. The fourth-order valence-electron chi connectivity index (χ4n) is 2.50. The van der Waals surface area contributed by atoms with E-state index < -0.39 is 0 Å². The van der Waals surface area contributed by atoms with E-state index in [1.807, 2.05) is 39.0 Å². The van der Waals surface area contributed by atoms with E-state index in [1.54, 1.807) is 0 Å². The van der Waals surface area contributed by atoms with Crippen LogP contribution in [0.4, 0.5) is 11.5 Å². The highest BCUT2D eigenvalue weighted by atomic mass is 35.5. The number of thiophene rings is 1. The lowest BCUT2D eigenvalue weighted by molar-refractivity contribution is 0.0605. The fourth-order valence-corrected chi connectivity index (χ4v) is 3.82. The lowest BCUT2D eigenvalue weighted by Crippen LogP contribution is -2.01. The van der Waals surface area contributed by atoms with Gasteiger partial charge in [0, 0.05) is 5.69 Å². The Labute approximate surface area is 148 Å². The maximum atomic E-state index is 11.9. The van der Waals surface area contributed by atoms with Gasteiger partial charge in [-0.3, -0.25) is 0 Å². The van der Waals surface area contributed by atoms with Gasteiger partial charge in [0.05, 0.1) is 12.5 Å². The standard InChI is InChI=1S/C17H16ClN3O2S/c1-8-6-5-7-11(9(8)2)19-14-12-10(3)13(16(22)23-4)24-15(12)21-17(18)20-14/h5-7H,1-4H3,(H,19,20,21). The van der Waals surface area contributed by atoms with Gasteiger partial charge >= 0.3 is 5.97 Å². The van der Waals surface area contributed by atoms with Crippen molar-refractivity contribution in [1.29, 1.82) is 0 Å². The van der Waals surface area contributed by atoms with Gasteiger partial charge in [-0.05, 0) is 55.1 Å². The molecule has 2 heterocycles. The number of anilines is 2. The molecule has 1 N–H and O–H groups in total. The molecular weight excluding hydrogens is 346 g/mol. The number of nitrogens with one attached hydrogen (secondary N) is 1. The molecule has 0 saturated carbocycles. The van der Waals surface area contributed by atoms with E-state index in [4.69, 9.17) is 16.3 Å². The Bertz CT molecular complexity index is 953. The first kappa shape index (κ1) is 16.7. The van der Waals surface area contributed by atoms with Gasteiger partial charge in [-0.2, -0.15) is 4.98 Å². The summed E-state index contributed by atoms with van der Waals surface area (Å²) in [5, 5.41) is 4.24. The zero-order valence-electron chi connectivity index (χ0n) is 13.7. The minimum atomic E-state index is -0.385. The molecule has 0 radical (unpaired) electrons. The van der Waals surface area contributed by atoms with E-state index in [2.05, 4.69) is 15.3 Å². The largest absolute Gasteiger partial charge is 0.465 e. The summed E-state index contributed by atoms with van der Waals surface area (Å²) in [6.45, 7) is 5.95. The van der Waals surface area contributed by atoms with Crippen LogP contribution >= 0.6 is 22.9 Å². The predicted octanol–water partition coefficient (Wildman–Crippen LogP) is 4.80. The predicted molar refractivity (Wildman–Crippen MR) is 97.7 cm³/mol. The molecule has 5 nitrogen and oxygen atoms in total. The molecule has 2 aromatic heterocycles. The van der Waals surface area contributed by atoms with Crippen molar-refractivity contribution >= 4 is 50.6 Å². The van der Waals surface area contributed by atoms with Crippen LogP contribution in [0.3, 0.4) is 0 Å². The van der Waals surface area contributed by atoms with E-state index in [-0.39, 0.29) is 11.3 Å². The molecule has 24 heavy (non-hydrogen) atoms. The van der Waals surface area contributed by atoms with Crippen molar-refractivity contribution in [2.45, 2.75) is 20.8 Å². The van der Waals surface area contributed by atoms with Crippen LogP contribution in [-0.2, 0) is 4.74 Å². The Morgan fingerprint density at radius 3 is 2.67 bits per heavy atom. The van der Waals surface area contributed by atoms with Crippen LogP contribution in [0.15, 0.2) is 18.2 Å². The molecule has 1 aromatic carbocycles. The molecule has 0 saturated heterocycles. The highest BCUT2D eigenvalue weighted by Crippen LogP contribution is 2.36. The minimum Gasteiger partial charge on any atom is -0.465 e. The molecular formula is C17H16ClN3O2S. The Hall–Kier alpha value is -2.18. The zero-order chi connectivity index (χ0) is 17.4. The van der Waals surface area contributed by atoms with Crippen LogP contribution in [0.1, 0.15) is 26.4 Å². The average Bonchev–Trinajstić information content (AvgIpc) is 2.87. The summed E-state index contributed by atoms with van der Waals surface area (Å²) in [4.78, 5) is 21.7. The normalized spacial score (nSPS) is 10.9. The highest BCUT2D eigenvalue weighted by molar-refractivity contribution is 7.20. The summed E-state index contributed by atoms with van der Waals surface area (Å²) in [6, 6.07) is 6.01. The van der Waals surface area contributed by atoms with E-state index in [0.29, 0.717) is 15.5 Å². The van der Waals surface area contributed by atoms with Gasteiger partial charge in [0.2, 0.25) is 5.28 Å². The number of halogens is 1. The molecule has 0 spiro atoms. The summed E-state index contributed by atoms with van der Waals surface area (Å²) in [5.74, 6) is 0.201. The number of hydrogen-bond donors (Lipinski definition) is 1. The van der Waals surface area contributed by atoms with Gasteiger partial charge in [-0.25, -0.2) is 9.78 Å². The van der Waals surface area contributed by atoms with Crippen molar-refractivity contribution < 1.29 is 9.53 Å². The molecule has 124 valence electrons. The SMILES string of the molecule is COC(=O)c1sc2nc(Cl)nc(Nc3cccc(C)c3C)c2c1C. The van der Waals surface area contributed by atoms with Crippen molar-refractivity contribution in [3.05, 3.63) is 45.1 Å². The van der Waals surface area contributed by atoms with Crippen molar-refractivity contribution in [3.63, 3.8) is 0 Å². The summed E-state index contributed by atoms with van der Waals surface area (Å²) >= 11 is 7.32. The number of ether oxygens (including phenoxy) is 1. The van der Waals surface area contributed by atoms with Gasteiger partial charge < -0.3 is 10.1 Å². The van der Waals surface area contributed by atoms with Crippen LogP contribution in [0.2, 0.25) is 5.28 Å². The van der Waals surface area contributed by atoms with Gasteiger partial charge in [0.25, 0.3) is 0 Å². The molecule has 3 aromatic rings. The van der Waals surface area contributed by atoms with Gasteiger partial charge in [-0.15, -0.1) is 11.3 Å². The lowest BCUT2D eigenvalue weighted by Gasteiger charge is -2.12. The molecule has 7 heteroatoms. The molecule has 0 fully saturated rings. The first-order valence-corrected chi connectivity index (χ1v) is 8.50. The van der Waals surface area contributed by atoms with Crippen LogP contribution in [0.25, 0.3) is 10.2 Å². The van der Waals surface area contributed by atoms with E-state index in [9.17, 15) is 4.79 Å². The third-order valence-corrected chi connectivity index (χ3v) is 5.33. The van der Waals surface area contributed by atoms with Gasteiger partial charge in [0.1, 0.15) is 15.5 Å². The molecule has 3 rings (SSSR count). The number of nitrogens with zero attached hydrogens (tertiary/aromatic N) is 2. The first-order valence-electron chi connectivity index (χ1n) is 7.30. The minimum absolute atomic E-state index is 0.132. The third-order valence-electron chi connectivity index (χ3n) is 3.99. The summed E-state index contributed by atoms with van der Waals surface area (Å²) < 4.78 is 4.84. The summed E-state index contributed by atoms with van der Waals surface area (Å²) in [7, 11) is 1.36. The lowest BCUT2D eigenvalue weighted by atomic mass is 10.1. The van der Waals surface area contributed by atoms with Gasteiger partial charge in [0.15, 0.2) is 0 Å². The maximum Gasteiger partial charge on any atom is 0.348 e. The first-order chi connectivity index (χ1) is 11.4. The molecule has 0 bridgehead atoms. The van der Waals surface area contributed by atoms with E-state index in [1.165, 1.54) is 24.0 Å². The number of rotatable bonds is 3. The number of aromatic nitrogens is 2. The van der Waals surface area contributed by atoms with Crippen molar-refractivity contribution in [2.24, 2.45) is 0 Å². The quantitative estimate of drug-likeness (QED) is 0.536. The van der Waals surface area contributed by atoms with Crippen LogP contribution < -0.4 is 5.32 Å². The second kappa shape index (κ2) is 6.37. The van der Waals surface area contributed by atoms with Crippen molar-refractivity contribution in [3.8, 4) is 0 Å². The zero-order valence-corrected chi connectivity index (χ0v) is 15.3. The number of carbonyl (C=O) groups excluding carboxylic acids is 1. The van der Waals surface area contributed by atoms with Crippen LogP contribution in [-0.4, -0.2) is 23.0 Å². The molecule has 0 aliphatic carbocycles. The highest BCUT2D eigenvalue weighted by Gasteiger charge is 2.21. The maximum absolute atomic E-state index is 11.9. The van der Waals surface area contributed by atoms with Crippen LogP contribution in [0.5, 0.6) is 0 Å². The third kappa shape index (κ3) is 2.83. The number of carbonyl (C=O) groups is 1. The number of hydrogen-bond acceptors (Lipinski definition) is 6. The topological polar surface area (TPSA) is 64.1 Å². The number of aryl methyl sites for hydroxylation is 2. The second-order valence-corrected chi connectivity index (χ2v) is 6.78.